The van der Waals surface area contributed by atoms with Crippen LogP contribution in [0.5, 0.6) is 0 Å². The highest BCUT2D eigenvalue weighted by Crippen LogP contribution is 2.43. The number of rotatable bonds is 2. The Balaban J connectivity index is 0.00000168. The van der Waals surface area contributed by atoms with Crippen LogP contribution in [0.1, 0.15) is 29.6 Å². The van der Waals surface area contributed by atoms with Gasteiger partial charge < -0.3 is 19.7 Å². The molecule has 4 atom stereocenters. The summed E-state index contributed by atoms with van der Waals surface area (Å²) >= 11 is 6.06. The van der Waals surface area contributed by atoms with E-state index in [2.05, 4.69) is 16.0 Å². The number of ether oxygens (including phenoxy) is 1. The molecule has 3 saturated heterocycles. The lowest BCUT2D eigenvalue weighted by Gasteiger charge is -2.53. The third-order valence-electron chi connectivity index (χ3n) is 5.79. The molecule has 3 fully saturated rings. The fourth-order valence-electron chi connectivity index (χ4n) is 4.57. The zero-order valence-electron chi connectivity index (χ0n) is 14.0. The smallest absolute Gasteiger partial charge is 0.340 e. The van der Waals surface area contributed by atoms with Gasteiger partial charge in [0.15, 0.2) is 0 Å². The molecule has 4 bridgehead atoms. The second-order valence-corrected chi connectivity index (χ2v) is 7.74. The molecular weight excluding hydrogens is 375 g/mol. The molecule has 6 rings (SSSR count). The molecule has 1 aromatic carbocycles. The first-order valence-electron chi connectivity index (χ1n) is 8.71. The van der Waals surface area contributed by atoms with Gasteiger partial charge in [0.1, 0.15) is 6.10 Å². The highest BCUT2D eigenvalue weighted by Gasteiger charge is 2.45. The predicted molar refractivity (Wildman–Crippen MR) is 102 cm³/mol. The van der Waals surface area contributed by atoms with E-state index in [0.717, 1.165) is 30.2 Å². The summed E-state index contributed by atoms with van der Waals surface area (Å²) < 4.78 is 5.79. The van der Waals surface area contributed by atoms with E-state index in [9.17, 15) is 9.90 Å². The molecule has 26 heavy (non-hydrogen) atoms. The van der Waals surface area contributed by atoms with Crippen LogP contribution in [0.15, 0.2) is 36.2 Å². The Hall–Kier alpha value is -1.69. The van der Waals surface area contributed by atoms with Gasteiger partial charge in [-0.15, -0.1) is 12.4 Å². The van der Waals surface area contributed by atoms with Gasteiger partial charge in [0.05, 0.1) is 11.7 Å². The first-order chi connectivity index (χ1) is 12.1. The number of benzene rings is 1. The van der Waals surface area contributed by atoms with E-state index in [1.165, 1.54) is 5.70 Å². The van der Waals surface area contributed by atoms with E-state index < -0.39 is 0 Å². The number of H-pyrrole nitrogens is 1. The fraction of sp³-hybridized carbons (Fsp3) is 0.421. The molecule has 4 aliphatic rings. The summed E-state index contributed by atoms with van der Waals surface area (Å²) in [7, 11) is 0. The summed E-state index contributed by atoms with van der Waals surface area (Å²) in [5, 5.41) is 11.4. The Bertz CT molecular complexity index is 894. The molecule has 0 radical (unpaired) electrons. The van der Waals surface area contributed by atoms with Crippen LogP contribution in [0, 0.1) is 5.92 Å². The van der Waals surface area contributed by atoms with Crippen LogP contribution in [0.2, 0.25) is 5.02 Å². The number of hydrogen-bond acceptors (Lipinski definition) is 4. The zero-order valence-corrected chi connectivity index (χ0v) is 15.6. The number of carbonyl (C=O) groups is 1. The minimum absolute atomic E-state index is 0. The molecule has 7 heteroatoms. The number of piperidine rings is 3. The summed E-state index contributed by atoms with van der Waals surface area (Å²) in [5.41, 5.74) is 2.61. The van der Waals surface area contributed by atoms with Crippen LogP contribution in [0.25, 0.3) is 10.9 Å². The number of carbonyl (C=O) groups excluding carboxylic acids is 1. The van der Waals surface area contributed by atoms with Crippen molar-refractivity contribution in [3.8, 4) is 0 Å². The van der Waals surface area contributed by atoms with Crippen molar-refractivity contribution in [3.05, 3.63) is 46.8 Å². The first-order valence-corrected chi connectivity index (χ1v) is 9.09. The van der Waals surface area contributed by atoms with E-state index in [4.69, 9.17) is 16.3 Å². The third kappa shape index (κ3) is 2.79. The largest absolute Gasteiger partial charge is 0.454 e. The van der Waals surface area contributed by atoms with Gasteiger partial charge in [0.2, 0.25) is 0 Å². The monoisotopic (exact) mass is 394 g/mol. The van der Waals surface area contributed by atoms with Gasteiger partial charge in [-0.05, 0) is 43.0 Å². The maximum Gasteiger partial charge on any atom is 0.340 e. The lowest BCUT2D eigenvalue weighted by molar-refractivity contribution is -0.0511. The number of fused-ring (bicyclic) bond motifs is 2. The van der Waals surface area contributed by atoms with E-state index in [-0.39, 0.29) is 30.6 Å². The minimum Gasteiger partial charge on any atom is -0.454 e. The first kappa shape index (κ1) is 17.7. The van der Waals surface area contributed by atoms with Crippen LogP contribution in [0.4, 0.5) is 0 Å². The van der Waals surface area contributed by atoms with Crippen molar-refractivity contribution in [2.45, 2.75) is 37.5 Å². The predicted octanol–water partition coefficient (Wildman–Crippen LogP) is 3.51. The van der Waals surface area contributed by atoms with Crippen molar-refractivity contribution in [2.75, 3.05) is 6.54 Å². The number of nitrogens with zero attached hydrogens (tertiary/aromatic N) is 1. The zero-order chi connectivity index (χ0) is 17.1. The van der Waals surface area contributed by atoms with Crippen molar-refractivity contribution < 1.29 is 14.6 Å². The summed E-state index contributed by atoms with van der Waals surface area (Å²) in [5.74, 6) is 0.0317. The van der Waals surface area contributed by atoms with Gasteiger partial charge in [-0.1, -0.05) is 11.6 Å². The maximum atomic E-state index is 12.7. The lowest BCUT2D eigenvalue weighted by Crippen LogP contribution is -2.57. The molecule has 0 saturated carbocycles. The van der Waals surface area contributed by atoms with Crippen molar-refractivity contribution in [1.29, 1.82) is 0 Å². The molecule has 138 valence electrons. The summed E-state index contributed by atoms with van der Waals surface area (Å²) in [6.45, 7) is 0.711. The van der Waals surface area contributed by atoms with Crippen LogP contribution in [0.3, 0.4) is 0 Å². The molecule has 0 amide bonds. The third-order valence-corrected chi connectivity index (χ3v) is 6.02. The molecule has 2 aromatic rings. The minimum atomic E-state index is -0.324. The highest BCUT2D eigenvalue weighted by molar-refractivity contribution is 6.31. The van der Waals surface area contributed by atoms with Crippen molar-refractivity contribution in [1.82, 2.24) is 9.88 Å². The quantitative estimate of drug-likeness (QED) is 0.764. The maximum absolute atomic E-state index is 12.7. The SMILES string of the molecule is Cl.O=C(OC1C=C2CC3CC(C1)N2CC3O)c1c[nH]c2ccc(Cl)cc12. The molecular formula is C19H20Cl2N2O3. The van der Waals surface area contributed by atoms with Crippen LogP contribution >= 0.6 is 24.0 Å². The van der Waals surface area contributed by atoms with Crippen LogP contribution < -0.4 is 0 Å². The fourth-order valence-corrected chi connectivity index (χ4v) is 4.75. The van der Waals surface area contributed by atoms with Crippen LogP contribution in [-0.4, -0.2) is 45.8 Å². The number of aliphatic hydroxyl groups excluding tert-OH is 1. The van der Waals surface area contributed by atoms with E-state index in [1.54, 1.807) is 18.3 Å². The van der Waals surface area contributed by atoms with E-state index in [0.29, 0.717) is 29.1 Å². The normalized spacial score (nSPS) is 29.3. The summed E-state index contributed by atoms with van der Waals surface area (Å²) in [6.07, 6.45) is 5.98. The number of halogens is 2. The molecule has 2 N–H and O–H groups in total. The molecule has 5 nitrogen and oxygen atoms in total. The molecule has 4 aliphatic heterocycles. The van der Waals surface area contributed by atoms with Gasteiger partial charge >= 0.3 is 5.97 Å². The molecule has 0 spiro atoms. The van der Waals surface area contributed by atoms with Gasteiger partial charge in [-0.3, -0.25) is 0 Å². The standard InChI is InChI=1S/C19H19ClN2O3.ClH/c20-11-1-2-17-15(5-11)16(8-21-17)19(24)25-14-6-12-3-10-4-13(7-14)22(12)9-18(10)23;/h1-2,5-6,8,10,13-14,18,21,23H,3-4,7,9H2;1H. The van der Waals surface area contributed by atoms with Crippen molar-refractivity contribution in [3.63, 3.8) is 0 Å². The molecule has 4 unspecified atom stereocenters. The number of aliphatic hydroxyl groups is 1. The van der Waals surface area contributed by atoms with Crippen molar-refractivity contribution >= 4 is 40.9 Å². The van der Waals surface area contributed by atoms with Gasteiger partial charge in [0.25, 0.3) is 0 Å². The number of aromatic amines is 1. The Morgan fingerprint density at radius 3 is 2.96 bits per heavy atom. The van der Waals surface area contributed by atoms with Gasteiger partial charge in [-0.2, -0.15) is 0 Å². The summed E-state index contributed by atoms with van der Waals surface area (Å²) in [4.78, 5) is 18.0. The van der Waals surface area contributed by atoms with E-state index in [1.807, 2.05) is 6.07 Å². The topological polar surface area (TPSA) is 65.6 Å². The number of nitrogens with one attached hydrogen (secondary N) is 1. The lowest BCUT2D eigenvalue weighted by atomic mass is 9.75. The highest BCUT2D eigenvalue weighted by atomic mass is 35.5. The second kappa shape index (κ2) is 6.48. The number of aromatic nitrogens is 1. The Morgan fingerprint density at radius 1 is 1.35 bits per heavy atom. The number of esters is 1. The second-order valence-electron chi connectivity index (χ2n) is 7.30. The van der Waals surface area contributed by atoms with Gasteiger partial charge in [-0.25, -0.2) is 4.79 Å². The van der Waals surface area contributed by atoms with Crippen molar-refractivity contribution in [2.24, 2.45) is 5.92 Å². The number of hydrogen-bond donors (Lipinski definition) is 2. The molecule has 5 heterocycles. The Labute approximate surface area is 162 Å². The van der Waals surface area contributed by atoms with E-state index >= 15 is 0 Å². The van der Waals surface area contributed by atoms with Gasteiger partial charge in [0, 0.05) is 46.8 Å². The average Bonchev–Trinajstić information content (AvgIpc) is 2.98. The molecule has 0 aliphatic carbocycles. The summed E-state index contributed by atoms with van der Waals surface area (Å²) in [6, 6.07) is 5.80. The molecule has 1 aromatic heterocycles. The number of allylic oxidation sites excluding steroid dienone is 1. The average molecular weight is 395 g/mol. The van der Waals surface area contributed by atoms with Crippen LogP contribution in [-0.2, 0) is 4.74 Å². The Morgan fingerprint density at radius 2 is 2.19 bits per heavy atom. The Kier molecular flexibility index (Phi) is 4.41.